The van der Waals surface area contributed by atoms with Crippen LogP contribution in [-0.4, -0.2) is 16.2 Å². The van der Waals surface area contributed by atoms with Crippen molar-refractivity contribution in [2.75, 3.05) is 0 Å². The van der Waals surface area contributed by atoms with Gasteiger partial charge in [0.05, 0.1) is 0 Å². The molecular weight excluding hydrogens is 194 g/mol. The number of aliphatic hydroxyl groups is 1. The minimum atomic E-state index is -2.04. The number of aryl methyl sites for hydroxylation is 1. The van der Waals surface area contributed by atoms with E-state index in [0.29, 0.717) is 6.07 Å². The Balaban J connectivity index is 3.22. The van der Waals surface area contributed by atoms with Gasteiger partial charge in [-0.05, 0) is 24.6 Å². The molecule has 3 nitrogen and oxygen atoms in total. The quantitative estimate of drug-likeness (QED) is 0.761. The Morgan fingerprint density at radius 2 is 1.93 bits per heavy atom. The van der Waals surface area contributed by atoms with Gasteiger partial charge in [0.1, 0.15) is 11.6 Å². The van der Waals surface area contributed by atoms with Crippen LogP contribution in [0, 0.1) is 18.6 Å². The van der Waals surface area contributed by atoms with Crippen molar-refractivity contribution in [1.82, 2.24) is 0 Å². The van der Waals surface area contributed by atoms with E-state index < -0.39 is 29.3 Å². The highest BCUT2D eigenvalue weighted by Gasteiger charge is 2.21. The second-order valence-corrected chi connectivity index (χ2v) is 2.86. The number of carbonyl (C=O) groups is 1. The molecule has 0 aliphatic rings. The molecule has 0 amide bonds. The van der Waals surface area contributed by atoms with Crippen molar-refractivity contribution in [2.45, 2.75) is 13.0 Å². The molecule has 1 aromatic rings. The standard InChI is InChI=1S/C9H8F2O3/c1-4-2-7(11)5(3-6(4)10)8(12)9(13)14/h2-3,8,12H,1H3,(H,13,14). The van der Waals surface area contributed by atoms with Gasteiger partial charge in [0.15, 0.2) is 6.10 Å². The van der Waals surface area contributed by atoms with Crippen molar-refractivity contribution in [3.63, 3.8) is 0 Å². The number of aliphatic hydroxyl groups excluding tert-OH is 1. The van der Waals surface area contributed by atoms with Crippen LogP contribution in [0.1, 0.15) is 17.2 Å². The largest absolute Gasteiger partial charge is 0.479 e. The summed E-state index contributed by atoms with van der Waals surface area (Å²) >= 11 is 0. The number of aliphatic carboxylic acids is 1. The number of hydrogen-bond acceptors (Lipinski definition) is 2. The van der Waals surface area contributed by atoms with E-state index in [1.807, 2.05) is 0 Å². The highest BCUT2D eigenvalue weighted by atomic mass is 19.1. The number of carboxylic acids is 1. The lowest BCUT2D eigenvalue weighted by atomic mass is 10.1. The van der Waals surface area contributed by atoms with Crippen LogP contribution in [0.25, 0.3) is 0 Å². The molecule has 0 saturated heterocycles. The minimum Gasteiger partial charge on any atom is -0.479 e. The average Bonchev–Trinajstić information content (AvgIpc) is 2.10. The molecule has 0 spiro atoms. The van der Waals surface area contributed by atoms with Gasteiger partial charge in [-0.2, -0.15) is 0 Å². The fraction of sp³-hybridized carbons (Fsp3) is 0.222. The summed E-state index contributed by atoms with van der Waals surface area (Å²) in [4.78, 5) is 10.3. The fourth-order valence-corrected chi connectivity index (χ4v) is 1.00. The molecule has 0 heterocycles. The summed E-state index contributed by atoms with van der Waals surface area (Å²) in [5, 5.41) is 17.4. The summed E-state index contributed by atoms with van der Waals surface area (Å²) in [6, 6.07) is 1.53. The van der Waals surface area contributed by atoms with Crippen LogP contribution in [0.5, 0.6) is 0 Å². The van der Waals surface area contributed by atoms with E-state index in [9.17, 15) is 13.6 Å². The first-order valence-corrected chi connectivity index (χ1v) is 3.80. The molecule has 0 fully saturated rings. The zero-order valence-corrected chi connectivity index (χ0v) is 7.29. The van der Waals surface area contributed by atoms with Crippen molar-refractivity contribution < 1.29 is 23.8 Å². The number of rotatable bonds is 2. The van der Waals surface area contributed by atoms with Gasteiger partial charge in [-0.25, -0.2) is 13.6 Å². The highest BCUT2D eigenvalue weighted by Crippen LogP contribution is 2.20. The molecule has 14 heavy (non-hydrogen) atoms. The molecule has 5 heteroatoms. The number of hydrogen-bond donors (Lipinski definition) is 2. The van der Waals surface area contributed by atoms with E-state index in [1.165, 1.54) is 6.92 Å². The monoisotopic (exact) mass is 202 g/mol. The second-order valence-electron chi connectivity index (χ2n) is 2.86. The summed E-state index contributed by atoms with van der Waals surface area (Å²) in [5.74, 6) is -3.30. The zero-order chi connectivity index (χ0) is 10.9. The lowest BCUT2D eigenvalue weighted by Gasteiger charge is -2.08. The smallest absolute Gasteiger partial charge is 0.337 e. The van der Waals surface area contributed by atoms with Gasteiger partial charge < -0.3 is 10.2 Å². The maximum atomic E-state index is 13.1. The molecule has 1 atom stereocenters. The molecule has 0 saturated carbocycles. The summed E-state index contributed by atoms with van der Waals surface area (Å²) in [5.41, 5.74) is -0.510. The molecule has 1 rings (SSSR count). The third-order valence-corrected chi connectivity index (χ3v) is 1.81. The normalized spacial score (nSPS) is 12.6. The Kier molecular flexibility index (Phi) is 2.81. The van der Waals surface area contributed by atoms with Crippen LogP contribution in [0.15, 0.2) is 12.1 Å². The first-order chi connectivity index (χ1) is 6.43. The lowest BCUT2D eigenvalue weighted by Crippen LogP contribution is -2.12. The van der Waals surface area contributed by atoms with Crippen LogP contribution in [0.3, 0.4) is 0 Å². The predicted molar refractivity (Wildman–Crippen MR) is 43.7 cm³/mol. The maximum absolute atomic E-state index is 13.1. The Morgan fingerprint density at radius 3 is 2.43 bits per heavy atom. The van der Waals surface area contributed by atoms with Crippen molar-refractivity contribution in [3.05, 3.63) is 34.9 Å². The number of carboxylic acid groups (broad SMARTS) is 1. The Hall–Kier alpha value is -1.49. The molecule has 76 valence electrons. The summed E-state index contributed by atoms with van der Waals surface area (Å²) in [6.07, 6.45) is -2.04. The highest BCUT2D eigenvalue weighted by molar-refractivity contribution is 5.74. The molecule has 1 aromatic carbocycles. The van der Waals surface area contributed by atoms with E-state index in [-0.39, 0.29) is 5.56 Å². The van der Waals surface area contributed by atoms with E-state index in [1.54, 1.807) is 0 Å². The molecule has 0 aliphatic carbocycles. The average molecular weight is 202 g/mol. The van der Waals surface area contributed by atoms with Crippen LogP contribution < -0.4 is 0 Å². The number of benzene rings is 1. The Labute approximate surface area is 78.6 Å². The third-order valence-electron chi connectivity index (χ3n) is 1.81. The fourth-order valence-electron chi connectivity index (χ4n) is 1.00. The molecule has 1 unspecified atom stereocenters. The summed E-state index contributed by atoms with van der Waals surface area (Å²) < 4.78 is 26.0. The zero-order valence-electron chi connectivity index (χ0n) is 7.29. The first kappa shape index (κ1) is 10.6. The van der Waals surface area contributed by atoms with Crippen molar-refractivity contribution in [2.24, 2.45) is 0 Å². The number of halogens is 2. The maximum Gasteiger partial charge on any atom is 0.337 e. The van der Waals surface area contributed by atoms with Crippen molar-refractivity contribution in [1.29, 1.82) is 0 Å². The summed E-state index contributed by atoms with van der Waals surface area (Å²) in [7, 11) is 0. The van der Waals surface area contributed by atoms with Gasteiger partial charge in [0.25, 0.3) is 0 Å². The van der Waals surface area contributed by atoms with Crippen LogP contribution >= 0.6 is 0 Å². The molecular formula is C9H8F2O3. The van der Waals surface area contributed by atoms with Gasteiger partial charge in [0.2, 0.25) is 0 Å². The van der Waals surface area contributed by atoms with Gasteiger partial charge >= 0.3 is 5.97 Å². The molecule has 0 bridgehead atoms. The van der Waals surface area contributed by atoms with Gasteiger partial charge in [-0.3, -0.25) is 0 Å². The SMILES string of the molecule is Cc1cc(F)c(C(O)C(=O)O)cc1F. The van der Waals surface area contributed by atoms with Crippen LogP contribution in [0.4, 0.5) is 8.78 Å². The van der Waals surface area contributed by atoms with E-state index in [4.69, 9.17) is 10.2 Å². The van der Waals surface area contributed by atoms with E-state index >= 15 is 0 Å². The van der Waals surface area contributed by atoms with Crippen LogP contribution in [0.2, 0.25) is 0 Å². The van der Waals surface area contributed by atoms with Gasteiger partial charge in [-0.1, -0.05) is 0 Å². The lowest BCUT2D eigenvalue weighted by molar-refractivity contribution is -0.147. The second kappa shape index (κ2) is 3.71. The molecule has 0 aromatic heterocycles. The topological polar surface area (TPSA) is 57.5 Å². The predicted octanol–water partition coefficient (Wildman–Crippen LogP) is 1.39. The van der Waals surface area contributed by atoms with E-state index in [2.05, 4.69) is 0 Å². The van der Waals surface area contributed by atoms with Crippen molar-refractivity contribution >= 4 is 5.97 Å². The molecule has 2 N–H and O–H groups in total. The first-order valence-electron chi connectivity index (χ1n) is 3.80. The molecule has 0 aliphatic heterocycles. The third kappa shape index (κ3) is 1.88. The minimum absolute atomic E-state index is 0.0591. The van der Waals surface area contributed by atoms with Crippen molar-refractivity contribution in [3.8, 4) is 0 Å². The van der Waals surface area contributed by atoms with E-state index in [0.717, 1.165) is 6.07 Å². The van der Waals surface area contributed by atoms with Gasteiger partial charge in [0, 0.05) is 5.56 Å². The Morgan fingerprint density at radius 1 is 1.36 bits per heavy atom. The Bertz CT molecular complexity index is 377. The van der Waals surface area contributed by atoms with Crippen LogP contribution in [-0.2, 0) is 4.79 Å². The van der Waals surface area contributed by atoms with Gasteiger partial charge in [-0.15, -0.1) is 0 Å². The summed E-state index contributed by atoms with van der Waals surface area (Å²) in [6.45, 7) is 1.34. The molecule has 0 radical (unpaired) electrons.